The summed E-state index contributed by atoms with van der Waals surface area (Å²) in [5.74, 6) is -0.572. The van der Waals surface area contributed by atoms with Gasteiger partial charge in [-0.25, -0.2) is 19.0 Å². The predicted molar refractivity (Wildman–Crippen MR) is 146 cm³/mol. The SMILES string of the molecule is C#CC[C@@H](O[C@@H](C)COC(Cc1cc(C)on1)(C(=O)O)C(=O)O)n1cnc2c(NCc3ccc(F)cc3)nc(Cl)nc21. The van der Waals surface area contributed by atoms with E-state index in [9.17, 15) is 24.2 Å². The standard InChI is InChI=1S/C27H26ClFN6O7/c1-4-5-20(41-16(3)13-40-27(24(36)37,25(38)39)11-19-10-15(2)42-34-19)35-14-31-21-22(32-26(28)33-23(21)35)30-12-17-6-8-18(29)9-7-17/h1,6-10,14,16,20H,5,11-13H2,2-3H3,(H,36,37)(H,38,39)(H,30,32,33)/t16-,20+/m0/s1. The van der Waals surface area contributed by atoms with Gasteiger partial charge in [0.15, 0.2) is 17.0 Å². The smallest absolute Gasteiger partial charge is 0.348 e. The van der Waals surface area contributed by atoms with E-state index in [0.717, 1.165) is 5.56 Å². The number of halogens is 2. The molecule has 3 heterocycles. The molecule has 3 N–H and O–H groups in total. The lowest BCUT2D eigenvalue weighted by Gasteiger charge is -2.28. The van der Waals surface area contributed by atoms with Crippen LogP contribution in [0.25, 0.3) is 11.2 Å². The van der Waals surface area contributed by atoms with Crippen LogP contribution in [-0.4, -0.2) is 65.1 Å². The van der Waals surface area contributed by atoms with Crippen molar-refractivity contribution in [2.75, 3.05) is 11.9 Å². The summed E-state index contributed by atoms with van der Waals surface area (Å²) in [6.45, 7) is 3.03. The van der Waals surface area contributed by atoms with Crippen LogP contribution in [0, 0.1) is 25.1 Å². The number of carbonyl (C=O) groups is 2. The Morgan fingerprint density at radius 1 is 1.26 bits per heavy atom. The molecule has 0 saturated heterocycles. The van der Waals surface area contributed by atoms with Gasteiger partial charge in [-0.2, -0.15) is 9.97 Å². The first-order valence-corrected chi connectivity index (χ1v) is 12.9. The highest BCUT2D eigenvalue weighted by Gasteiger charge is 2.49. The third kappa shape index (κ3) is 6.82. The summed E-state index contributed by atoms with van der Waals surface area (Å²) >= 11 is 6.19. The van der Waals surface area contributed by atoms with E-state index in [1.807, 2.05) is 0 Å². The maximum atomic E-state index is 13.2. The zero-order chi connectivity index (χ0) is 30.4. The number of aryl methyl sites for hydroxylation is 1. The third-order valence-electron chi connectivity index (χ3n) is 6.12. The minimum atomic E-state index is -2.64. The normalized spacial score (nSPS) is 13.0. The van der Waals surface area contributed by atoms with Crippen molar-refractivity contribution in [1.82, 2.24) is 24.7 Å². The summed E-state index contributed by atoms with van der Waals surface area (Å²) in [4.78, 5) is 37.0. The number of carboxylic acid groups (broad SMARTS) is 2. The second kappa shape index (κ2) is 12.9. The lowest BCUT2D eigenvalue weighted by molar-refractivity contribution is -0.190. The van der Waals surface area contributed by atoms with Crippen LogP contribution in [0.3, 0.4) is 0 Å². The van der Waals surface area contributed by atoms with Crippen molar-refractivity contribution in [1.29, 1.82) is 0 Å². The lowest BCUT2D eigenvalue weighted by atomic mass is 9.97. The van der Waals surface area contributed by atoms with Gasteiger partial charge in [-0.1, -0.05) is 17.3 Å². The zero-order valence-electron chi connectivity index (χ0n) is 22.5. The van der Waals surface area contributed by atoms with Gasteiger partial charge in [-0.3, -0.25) is 4.57 Å². The molecule has 0 saturated carbocycles. The number of hydrogen-bond acceptors (Lipinski definition) is 10. The molecule has 0 aliphatic heterocycles. The largest absolute Gasteiger partial charge is 0.479 e. The van der Waals surface area contributed by atoms with Crippen molar-refractivity contribution >= 4 is 40.5 Å². The average molecular weight is 601 g/mol. The van der Waals surface area contributed by atoms with Gasteiger partial charge >= 0.3 is 11.9 Å². The van der Waals surface area contributed by atoms with Crippen LogP contribution in [-0.2, 0) is 32.0 Å². The molecule has 0 radical (unpaired) electrons. The number of anilines is 1. The van der Waals surface area contributed by atoms with Crippen LogP contribution >= 0.6 is 11.6 Å². The molecule has 42 heavy (non-hydrogen) atoms. The highest BCUT2D eigenvalue weighted by atomic mass is 35.5. The first kappa shape index (κ1) is 30.4. The molecule has 0 fully saturated rings. The summed E-state index contributed by atoms with van der Waals surface area (Å²) in [5.41, 5.74) is -1.11. The number of nitrogens with zero attached hydrogens (tertiary/aromatic N) is 5. The molecule has 2 atom stereocenters. The molecule has 0 spiro atoms. The van der Waals surface area contributed by atoms with Crippen molar-refractivity contribution in [2.45, 2.75) is 51.2 Å². The van der Waals surface area contributed by atoms with E-state index in [2.05, 4.69) is 31.3 Å². The summed E-state index contributed by atoms with van der Waals surface area (Å²) in [5, 5.41) is 26.3. The third-order valence-corrected chi connectivity index (χ3v) is 6.29. The molecule has 4 rings (SSSR count). The molecular weight excluding hydrogens is 575 g/mol. The number of carboxylic acids is 2. The fourth-order valence-corrected chi connectivity index (χ4v) is 4.23. The number of benzene rings is 1. The Labute approximate surface area is 243 Å². The highest BCUT2D eigenvalue weighted by molar-refractivity contribution is 6.28. The second-order valence-electron chi connectivity index (χ2n) is 9.31. The summed E-state index contributed by atoms with van der Waals surface area (Å²) in [6.07, 6.45) is 4.77. The molecule has 3 aromatic heterocycles. The molecule has 0 unspecified atom stereocenters. The highest BCUT2D eigenvalue weighted by Crippen LogP contribution is 2.27. The van der Waals surface area contributed by atoms with E-state index in [1.165, 1.54) is 29.1 Å². The number of hydrogen-bond donors (Lipinski definition) is 3. The molecule has 0 aliphatic rings. The number of nitrogens with one attached hydrogen (secondary N) is 1. The summed E-state index contributed by atoms with van der Waals surface area (Å²) < 4.78 is 31.2. The maximum absolute atomic E-state index is 13.2. The van der Waals surface area contributed by atoms with Gasteiger partial charge < -0.3 is 29.5 Å². The van der Waals surface area contributed by atoms with E-state index in [-0.39, 0.29) is 28.9 Å². The Morgan fingerprint density at radius 3 is 2.60 bits per heavy atom. The molecule has 15 heteroatoms. The Hall–Kier alpha value is -4.58. The fourth-order valence-electron chi connectivity index (χ4n) is 4.07. The van der Waals surface area contributed by atoms with Crippen LogP contribution in [0.4, 0.5) is 10.2 Å². The van der Waals surface area contributed by atoms with E-state index < -0.39 is 42.9 Å². The monoisotopic (exact) mass is 600 g/mol. The van der Waals surface area contributed by atoms with E-state index in [0.29, 0.717) is 23.6 Å². The molecule has 220 valence electrons. The number of ether oxygens (including phenoxy) is 2. The quantitative estimate of drug-likeness (QED) is 0.109. The lowest BCUT2D eigenvalue weighted by Crippen LogP contribution is -2.52. The van der Waals surface area contributed by atoms with Crippen molar-refractivity contribution in [3.8, 4) is 12.3 Å². The molecular formula is C27H26ClFN6O7. The number of aromatic nitrogens is 5. The first-order chi connectivity index (χ1) is 20.0. The maximum Gasteiger partial charge on any atom is 0.348 e. The minimum Gasteiger partial charge on any atom is -0.479 e. The average Bonchev–Trinajstić information content (AvgIpc) is 3.55. The first-order valence-electron chi connectivity index (χ1n) is 12.5. The second-order valence-corrected chi connectivity index (χ2v) is 9.65. The summed E-state index contributed by atoms with van der Waals surface area (Å²) in [6, 6.07) is 7.35. The van der Waals surface area contributed by atoms with E-state index >= 15 is 0 Å². The molecule has 0 aliphatic carbocycles. The molecule has 4 aromatic rings. The Balaban J connectivity index is 1.52. The van der Waals surface area contributed by atoms with Gasteiger partial charge in [-0.15, -0.1) is 12.3 Å². The Bertz CT molecular complexity index is 1600. The Kier molecular flexibility index (Phi) is 9.36. The van der Waals surface area contributed by atoms with Crippen molar-refractivity contribution in [2.24, 2.45) is 0 Å². The van der Waals surface area contributed by atoms with Gasteiger partial charge in [0.05, 0.1) is 31.2 Å². The number of aliphatic carboxylic acids is 2. The van der Waals surface area contributed by atoms with Crippen LogP contribution < -0.4 is 5.32 Å². The number of terminal acetylenes is 1. The molecule has 0 amide bonds. The van der Waals surface area contributed by atoms with Crippen molar-refractivity contribution in [3.05, 3.63) is 64.8 Å². The summed E-state index contributed by atoms with van der Waals surface area (Å²) in [7, 11) is 0. The van der Waals surface area contributed by atoms with Crippen LogP contribution in [0.5, 0.6) is 0 Å². The van der Waals surface area contributed by atoms with E-state index in [4.69, 9.17) is 32.0 Å². The van der Waals surface area contributed by atoms with Gasteiger partial charge in [0.1, 0.15) is 17.8 Å². The van der Waals surface area contributed by atoms with Gasteiger partial charge in [0, 0.05) is 19.0 Å². The van der Waals surface area contributed by atoms with Gasteiger partial charge in [0.2, 0.25) is 5.28 Å². The topological polar surface area (TPSA) is 175 Å². The van der Waals surface area contributed by atoms with E-state index in [1.54, 1.807) is 26.0 Å². The number of rotatable bonds is 14. The van der Waals surface area contributed by atoms with Crippen LogP contribution in [0.2, 0.25) is 5.28 Å². The van der Waals surface area contributed by atoms with Gasteiger partial charge in [0.25, 0.3) is 5.60 Å². The predicted octanol–water partition coefficient (Wildman–Crippen LogP) is 3.62. The number of fused-ring (bicyclic) bond motifs is 1. The van der Waals surface area contributed by atoms with Crippen LogP contribution in [0.15, 0.2) is 41.2 Å². The number of imidazole rings is 1. The molecule has 1 aromatic carbocycles. The zero-order valence-corrected chi connectivity index (χ0v) is 23.2. The fraction of sp³-hybridized carbons (Fsp3) is 0.333. The minimum absolute atomic E-state index is 0.0387. The van der Waals surface area contributed by atoms with Crippen LogP contribution in [0.1, 0.15) is 36.6 Å². The van der Waals surface area contributed by atoms with Crippen molar-refractivity contribution < 1.29 is 38.2 Å². The van der Waals surface area contributed by atoms with Gasteiger partial charge in [-0.05, 0) is 43.1 Å². The molecule has 13 nitrogen and oxygen atoms in total. The molecule has 0 bridgehead atoms. The van der Waals surface area contributed by atoms with Crippen molar-refractivity contribution in [3.63, 3.8) is 0 Å². The Morgan fingerprint density at radius 2 is 1.98 bits per heavy atom.